The van der Waals surface area contributed by atoms with E-state index in [4.69, 9.17) is 9.47 Å². The van der Waals surface area contributed by atoms with Gasteiger partial charge in [0, 0.05) is 18.4 Å². The molecule has 0 radical (unpaired) electrons. The van der Waals surface area contributed by atoms with Gasteiger partial charge >= 0.3 is 5.97 Å². The fourth-order valence-electron chi connectivity index (χ4n) is 2.85. The summed E-state index contributed by atoms with van der Waals surface area (Å²) in [4.78, 5) is 11.3. The molecule has 0 saturated heterocycles. The monoisotopic (exact) mass is 294 g/mol. The van der Waals surface area contributed by atoms with Crippen LogP contribution in [0.1, 0.15) is 44.1 Å². The second-order valence-electron chi connectivity index (χ2n) is 5.13. The molecule has 0 amide bonds. The van der Waals surface area contributed by atoms with Gasteiger partial charge in [-0.05, 0) is 31.6 Å². The zero-order chi connectivity index (χ0) is 14.4. The second kappa shape index (κ2) is 7.58. The lowest BCUT2D eigenvalue weighted by atomic mass is 9.81. The van der Waals surface area contributed by atoms with Crippen molar-refractivity contribution >= 4 is 17.7 Å². The quantitative estimate of drug-likeness (QED) is 0.608. The lowest BCUT2D eigenvalue weighted by molar-refractivity contribution is -0.148. The predicted molar refractivity (Wildman–Crippen MR) is 82.2 cm³/mol. The van der Waals surface area contributed by atoms with Gasteiger partial charge in [0.15, 0.2) is 0 Å². The highest BCUT2D eigenvalue weighted by molar-refractivity contribution is 7.98. The molecule has 2 atom stereocenters. The number of esters is 1. The van der Waals surface area contributed by atoms with E-state index in [-0.39, 0.29) is 18.0 Å². The Morgan fingerprint density at radius 3 is 2.80 bits per heavy atom. The molecule has 4 heteroatoms. The van der Waals surface area contributed by atoms with Gasteiger partial charge in [-0.25, -0.2) is 0 Å². The van der Waals surface area contributed by atoms with Crippen molar-refractivity contribution in [3.63, 3.8) is 0 Å². The Hall–Kier alpha value is -1.16. The van der Waals surface area contributed by atoms with Crippen LogP contribution in [0.4, 0.5) is 0 Å². The maximum absolute atomic E-state index is 11.3. The summed E-state index contributed by atoms with van der Waals surface area (Å²) in [7, 11) is 0. The SMILES string of the molecule is CSCOc1ccccc1C1CCCCC1OC(C)=O. The van der Waals surface area contributed by atoms with Gasteiger partial charge in [0.1, 0.15) is 17.8 Å². The Morgan fingerprint density at radius 1 is 1.30 bits per heavy atom. The number of para-hydroxylation sites is 1. The number of ether oxygens (including phenoxy) is 2. The Morgan fingerprint density at radius 2 is 2.05 bits per heavy atom. The van der Waals surface area contributed by atoms with Crippen LogP contribution in [-0.4, -0.2) is 24.3 Å². The van der Waals surface area contributed by atoms with Crippen LogP contribution >= 0.6 is 11.8 Å². The number of carbonyl (C=O) groups excluding carboxylic acids is 1. The van der Waals surface area contributed by atoms with Gasteiger partial charge in [0.2, 0.25) is 0 Å². The molecule has 2 unspecified atom stereocenters. The summed E-state index contributed by atoms with van der Waals surface area (Å²) in [5.74, 6) is 1.63. The number of carbonyl (C=O) groups is 1. The molecule has 1 saturated carbocycles. The molecule has 3 nitrogen and oxygen atoms in total. The number of rotatable bonds is 5. The van der Waals surface area contributed by atoms with Crippen molar-refractivity contribution in [3.05, 3.63) is 29.8 Å². The van der Waals surface area contributed by atoms with Crippen molar-refractivity contribution < 1.29 is 14.3 Å². The van der Waals surface area contributed by atoms with Crippen molar-refractivity contribution in [2.75, 3.05) is 12.2 Å². The molecule has 2 rings (SSSR count). The molecule has 0 N–H and O–H groups in total. The largest absolute Gasteiger partial charge is 0.483 e. The van der Waals surface area contributed by atoms with Crippen molar-refractivity contribution in [3.8, 4) is 5.75 Å². The van der Waals surface area contributed by atoms with Gasteiger partial charge in [0.25, 0.3) is 0 Å². The number of hydrogen-bond donors (Lipinski definition) is 0. The molecule has 110 valence electrons. The third-order valence-electron chi connectivity index (χ3n) is 3.67. The zero-order valence-electron chi connectivity index (χ0n) is 12.1. The van der Waals surface area contributed by atoms with Crippen LogP contribution in [0.5, 0.6) is 5.75 Å². The molecular formula is C16H22O3S. The molecule has 1 aromatic carbocycles. The Kier molecular flexibility index (Phi) is 5.77. The summed E-state index contributed by atoms with van der Waals surface area (Å²) in [5.41, 5.74) is 1.17. The molecule has 20 heavy (non-hydrogen) atoms. The minimum atomic E-state index is -0.190. The first-order valence-electron chi connectivity index (χ1n) is 7.10. The normalized spacial score (nSPS) is 22.3. The third-order valence-corrected chi connectivity index (χ3v) is 4.02. The Labute approximate surface area is 125 Å². The van der Waals surface area contributed by atoms with E-state index in [9.17, 15) is 4.79 Å². The van der Waals surface area contributed by atoms with E-state index in [1.54, 1.807) is 11.8 Å². The predicted octanol–water partition coefficient (Wildman–Crippen LogP) is 3.98. The first-order chi connectivity index (χ1) is 9.72. The fourth-order valence-corrected chi connectivity index (χ4v) is 3.09. The van der Waals surface area contributed by atoms with E-state index >= 15 is 0 Å². The van der Waals surface area contributed by atoms with Crippen LogP contribution in [0, 0.1) is 0 Å². The Balaban J connectivity index is 2.20. The van der Waals surface area contributed by atoms with E-state index in [0.29, 0.717) is 5.94 Å². The summed E-state index contributed by atoms with van der Waals surface area (Å²) < 4.78 is 11.3. The first kappa shape index (κ1) is 15.2. The van der Waals surface area contributed by atoms with E-state index in [2.05, 4.69) is 6.07 Å². The van der Waals surface area contributed by atoms with Gasteiger partial charge < -0.3 is 9.47 Å². The first-order valence-corrected chi connectivity index (χ1v) is 8.49. The minimum Gasteiger partial charge on any atom is -0.483 e. The van der Waals surface area contributed by atoms with Gasteiger partial charge in [-0.2, -0.15) is 0 Å². The molecule has 1 aliphatic rings. The standard InChI is InChI=1S/C16H22O3S/c1-12(17)19-16-10-6-4-8-14(16)13-7-3-5-9-15(13)18-11-20-2/h3,5,7,9,14,16H,4,6,8,10-11H2,1-2H3. The average molecular weight is 294 g/mol. The summed E-state index contributed by atoms with van der Waals surface area (Å²) in [6.45, 7) is 1.49. The molecule has 0 aliphatic heterocycles. The van der Waals surface area contributed by atoms with Crippen LogP contribution in [0.25, 0.3) is 0 Å². The van der Waals surface area contributed by atoms with Crippen LogP contribution in [0.15, 0.2) is 24.3 Å². The maximum atomic E-state index is 11.3. The van der Waals surface area contributed by atoms with Crippen molar-refractivity contribution in [1.82, 2.24) is 0 Å². The summed E-state index contributed by atoms with van der Waals surface area (Å²) >= 11 is 1.66. The van der Waals surface area contributed by atoms with Gasteiger partial charge in [0.05, 0.1) is 0 Å². The van der Waals surface area contributed by atoms with Crippen LogP contribution < -0.4 is 4.74 Å². The van der Waals surface area contributed by atoms with Crippen molar-refractivity contribution in [1.29, 1.82) is 0 Å². The van der Waals surface area contributed by atoms with Crippen molar-refractivity contribution in [2.45, 2.75) is 44.6 Å². The van der Waals surface area contributed by atoms with E-state index in [1.165, 1.54) is 18.9 Å². The molecule has 1 aromatic rings. The zero-order valence-corrected chi connectivity index (χ0v) is 12.9. The molecular weight excluding hydrogens is 272 g/mol. The lowest BCUT2D eigenvalue weighted by Gasteiger charge is -2.32. The lowest BCUT2D eigenvalue weighted by Crippen LogP contribution is -2.28. The number of benzene rings is 1. The highest BCUT2D eigenvalue weighted by atomic mass is 32.2. The topological polar surface area (TPSA) is 35.5 Å². The highest BCUT2D eigenvalue weighted by Gasteiger charge is 2.30. The average Bonchev–Trinajstić information content (AvgIpc) is 2.45. The van der Waals surface area contributed by atoms with E-state index in [0.717, 1.165) is 25.0 Å². The fraction of sp³-hybridized carbons (Fsp3) is 0.562. The molecule has 0 bridgehead atoms. The summed E-state index contributed by atoms with van der Waals surface area (Å²) in [6.07, 6.45) is 6.31. The third kappa shape index (κ3) is 3.92. The Bertz CT molecular complexity index is 447. The highest BCUT2D eigenvalue weighted by Crippen LogP contribution is 2.39. The van der Waals surface area contributed by atoms with Crippen LogP contribution in [0.2, 0.25) is 0 Å². The van der Waals surface area contributed by atoms with Gasteiger partial charge in [-0.1, -0.05) is 24.6 Å². The van der Waals surface area contributed by atoms with Crippen LogP contribution in [-0.2, 0) is 9.53 Å². The van der Waals surface area contributed by atoms with Crippen LogP contribution in [0.3, 0.4) is 0 Å². The molecule has 1 fully saturated rings. The second-order valence-corrected chi connectivity index (χ2v) is 5.94. The van der Waals surface area contributed by atoms with Crippen molar-refractivity contribution in [2.24, 2.45) is 0 Å². The van der Waals surface area contributed by atoms with Gasteiger partial charge in [-0.3, -0.25) is 4.79 Å². The maximum Gasteiger partial charge on any atom is 0.302 e. The summed E-state index contributed by atoms with van der Waals surface area (Å²) in [5, 5.41) is 0. The smallest absolute Gasteiger partial charge is 0.302 e. The molecule has 0 spiro atoms. The van der Waals surface area contributed by atoms with E-state index in [1.807, 2.05) is 24.5 Å². The number of thioether (sulfide) groups is 1. The summed E-state index contributed by atoms with van der Waals surface area (Å²) in [6, 6.07) is 8.12. The molecule has 0 heterocycles. The molecule has 1 aliphatic carbocycles. The van der Waals surface area contributed by atoms with Gasteiger partial charge in [-0.15, -0.1) is 11.8 Å². The number of hydrogen-bond acceptors (Lipinski definition) is 4. The molecule has 0 aromatic heterocycles. The van der Waals surface area contributed by atoms with E-state index < -0.39 is 0 Å². The minimum absolute atomic E-state index is 0.0136.